The van der Waals surface area contributed by atoms with E-state index in [1.54, 1.807) is 31.2 Å². The lowest BCUT2D eigenvalue weighted by atomic mass is 9.96. The van der Waals surface area contributed by atoms with Gasteiger partial charge in [-0.25, -0.2) is 0 Å². The molecule has 2 unspecified atom stereocenters. The van der Waals surface area contributed by atoms with E-state index in [0.29, 0.717) is 17.2 Å². The van der Waals surface area contributed by atoms with E-state index in [1.165, 1.54) is 0 Å². The van der Waals surface area contributed by atoms with E-state index in [9.17, 15) is 9.90 Å². The van der Waals surface area contributed by atoms with Gasteiger partial charge in [0.05, 0.1) is 23.8 Å². The number of nitriles is 1. The number of amides is 1. The van der Waals surface area contributed by atoms with Crippen molar-refractivity contribution < 1.29 is 14.6 Å². The predicted molar refractivity (Wildman–Crippen MR) is 77.6 cm³/mol. The zero-order valence-electron chi connectivity index (χ0n) is 12.3. The summed E-state index contributed by atoms with van der Waals surface area (Å²) < 4.78 is 5.56. The molecule has 1 saturated carbocycles. The summed E-state index contributed by atoms with van der Waals surface area (Å²) in [5.74, 6) is 0.630. The normalized spacial score (nSPS) is 18.2. The summed E-state index contributed by atoms with van der Waals surface area (Å²) in [6.45, 7) is 3.45. The van der Waals surface area contributed by atoms with Gasteiger partial charge in [-0.2, -0.15) is 5.26 Å². The van der Waals surface area contributed by atoms with Crippen LogP contribution in [-0.4, -0.2) is 29.3 Å². The molecule has 1 amide bonds. The topological polar surface area (TPSA) is 82.3 Å². The number of hydrogen-bond acceptors (Lipinski definition) is 4. The Bertz CT molecular complexity index is 546. The van der Waals surface area contributed by atoms with Crippen molar-refractivity contribution in [2.75, 3.05) is 6.61 Å². The number of aliphatic hydroxyl groups excluding tert-OH is 1. The zero-order chi connectivity index (χ0) is 15.5. The molecule has 0 bridgehead atoms. The minimum absolute atomic E-state index is 0.0764. The van der Waals surface area contributed by atoms with Crippen molar-refractivity contribution in [3.05, 3.63) is 29.8 Å². The first-order chi connectivity index (χ1) is 9.98. The molecule has 0 heterocycles. The van der Waals surface area contributed by atoms with Gasteiger partial charge in [0, 0.05) is 0 Å². The summed E-state index contributed by atoms with van der Waals surface area (Å²) in [7, 11) is 0. The SMILES string of the molecule is CC(Oc1ccc(C#N)cc1)C(=O)NC(C)(CO)C1CC1. The minimum Gasteiger partial charge on any atom is -0.481 e. The summed E-state index contributed by atoms with van der Waals surface area (Å²) >= 11 is 0. The number of carbonyl (C=O) groups is 1. The number of carbonyl (C=O) groups excluding carboxylic acids is 1. The van der Waals surface area contributed by atoms with Crippen LogP contribution in [0.1, 0.15) is 32.3 Å². The fourth-order valence-electron chi connectivity index (χ4n) is 2.24. The molecule has 1 aromatic carbocycles. The van der Waals surface area contributed by atoms with E-state index in [0.717, 1.165) is 12.8 Å². The molecular formula is C16H20N2O3. The molecule has 1 aliphatic rings. The second-order valence-corrected chi connectivity index (χ2v) is 5.74. The summed E-state index contributed by atoms with van der Waals surface area (Å²) in [5.41, 5.74) is -0.0274. The molecule has 5 heteroatoms. The Kier molecular flexibility index (Phi) is 4.49. The number of nitrogens with one attached hydrogen (secondary N) is 1. The fraction of sp³-hybridized carbons (Fsp3) is 0.500. The highest BCUT2D eigenvalue weighted by Gasteiger charge is 2.42. The summed E-state index contributed by atoms with van der Waals surface area (Å²) in [4.78, 5) is 12.2. The van der Waals surface area contributed by atoms with E-state index in [4.69, 9.17) is 10.00 Å². The summed E-state index contributed by atoms with van der Waals surface area (Å²) in [6, 6.07) is 8.63. The van der Waals surface area contributed by atoms with Crippen molar-refractivity contribution in [1.82, 2.24) is 5.32 Å². The molecule has 1 aliphatic carbocycles. The van der Waals surface area contributed by atoms with Crippen molar-refractivity contribution in [3.63, 3.8) is 0 Å². The molecule has 2 atom stereocenters. The van der Waals surface area contributed by atoms with Gasteiger partial charge in [0.25, 0.3) is 5.91 Å². The van der Waals surface area contributed by atoms with Crippen molar-refractivity contribution in [2.45, 2.75) is 38.3 Å². The van der Waals surface area contributed by atoms with E-state index in [-0.39, 0.29) is 12.5 Å². The number of benzene rings is 1. The van der Waals surface area contributed by atoms with E-state index in [2.05, 4.69) is 5.32 Å². The van der Waals surface area contributed by atoms with Crippen LogP contribution < -0.4 is 10.1 Å². The number of ether oxygens (including phenoxy) is 1. The Balaban J connectivity index is 1.94. The van der Waals surface area contributed by atoms with E-state index in [1.807, 2.05) is 13.0 Å². The lowest BCUT2D eigenvalue weighted by molar-refractivity contribution is -0.130. The molecule has 1 aromatic rings. The first kappa shape index (κ1) is 15.3. The lowest BCUT2D eigenvalue weighted by Gasteiger charge is -2.30. The van der Waals surface area contributed by atoms with Gasteiger partial charge in [-0.05, 0) is 56.9 Å². The summed E-state index contributed by atoms with van der Waals surface area (Å²) in [5, 5.41) is 21.1. The van der Waals surface area contributed by atoms with Crippen molar-refractivity contribution in [1.29, 1.82) is 5.26 Å². The largest absolute Gasteiger partial charge is 0.481 e. The molecule has 0 aromatic heterocycles. The van der Waals surface area contributed by atoms with Crippen LogP contribution in [0.25, 0.3) is 0 Å². The van der Waals surface area contributed by atoms with Crippen LogP contribution in [-0.2, 0) is 4.79 Å². The van der Waals surface area contributed by atoms with Crippen LogP contribution in [0.3, 0.4) is 0 Å². The average molecular weight is 288 g/mol. The minimum atomic E-state index is -0.664. The number of nitrogens with zero attached hydrogens (tertiary/aromatic N) is 1. The van der Waals surface area contributed by atoms with E-state index < -0.39 is 11.6 Å². The van der Waals surface area contributed by atoms with Crippen LogP contribution in [0.4, 0.5) is 0 Å². The number of aliphatic hydroxyl groups is 1. The second kappa shape index (κ2) is 6.15. The average Bonchev–Trinajstić information content (AvgIpc) is 3.33. The molecule has 0 aliphatic heterocycles. The summed E-state index contributed by atoms with van der Waals surface area (Å²) in [6.07, 6.45) is 1.40. The molecular weight excluding hydrogens is 268 g/mol. The Hall–Kier alpha value is -2.06. The van der Waals surface area contributed by atoms with Gasteiger partial charge in [0.1, 0.15) is 5.75 Å². The van der Waals surface area contributed by atoms with Gasteiger partial charge < -0.3 is 15.2 Å². The van der Waals surface area contributed by atoms with Crippen LogP contribution in [0.2, 0.25) is 0 Å². The molecule has 21 heavy (non-hydrogen) atoms. The van der Waals surface area contributed by atoms with Crippen LogP contribution in [0.15, 0.2) is 24.3 Å². The standard InChI is InChI=1S/C16H20N2O3/c1-11(21-14-7-3-12(9-17)4-8-14)15(20)18-16(2,10-19)13-5-6-13/h3-4,7-8,11,13,19H,5-6,10H2,1-2H3,(H,18,20). The zero-order valence-corrected chi connectivity index (χ0v) is 12.3. The Morgan fingerprint density at radius 2 is 2.14 bits per heavy atom. The first-order valence-corrected chi connectivity index (χ1v) is 7.08. The van der Waals surface area contributed by atoms with Gasteiger partial charge in [0.2, 0.25) is 0 Å². The predicted octanol–water partition coefficient (Wildman–Crippen LogP) is 1.60. The lowest BCUT2D eigenvalue weighted by Crippen LogP contribution is -2.54. The molecule has 0 saturated heterocycles. The number of rotatable bonds is 6. The van der Waals surface area contributed by atoms with E-state index >= 15 is 0 Å². The Labute approximate surface area is 124 Å². The third-order valence-electron chi connectivity index (χ3n) is 3.88. The molecule has 2 rings (SSSR count). The molecule has 0 spiro atoms. The fourth-order valence-corrected chi connectivity index (χ4v) is 2.24. The maximum atomic E-state index is 12.2. The quantitative estimate of drug-likeness (QED) is 0.833. The van der Waals surface area contributed by atoms with Gasteiger partial charge in [-0.15, -0.1) is 0 Å². The first-order valence-electron chi connectivity index (χ1n) is 7.08. The Morgan fingerprint density at radius 3 is 2.62 bits per heavy atom. The second-order valence-electron chi connectivity index (χ2n) is 5.74. The van der Waals surface area contributed by atoms with Crippen molar-refractivity contribution in [3.8, 4) is 11.8 Å². The molecule has 112 valence electrons. The Morgan fingerprint density at radius 1 is 1.52 bits per heavy atom. The van der Waals surface area contributed by atoms with Crippen LogP contribution in [0.5, 0.6) is 5.75 Å². The van der Waals surface area contributed by atoms with Crippen LogP contribution >= 0.6 is 0 Å². The maximum absolute atomic E-state index is 12.2. The molecule has 2 N–H and O–H groups in total. The van der Waals surface area contributed by atoms with Crippen LogP contribution in [0, 0.1) is 17.2 Å². The highest BCUT2D eigenvalue weighted by atomic mass is 16.5. The van der Waals surface area contributed by atoms with Gasteiger partial charge in [-0.3, -0.25) is 4.79 Å². The molecule has 1 fully saturated rings. The third kappa shape index (κ3) is 3.73. The molecule has 5 nitrogen and oxygen atoms in total. The monoisotopic (exact) mass is 288 g/mol. The van der Waals surface area contributed by atoms with Crippen molar-refractivity contribution in [2.24, 2.45) is 5.92 Å². The third-order valence-corrected chi connectivity index (χ3v) is 3.88. The smallest absolute Gasteiger partial charge is 0.261 e. The van der Waals surface area contributed by atoms with Gasteiger partial charge in [0.15, 0.2) is 6.10 Å². The highest BCUT2D eigenvalue weighted by molar-refractivity contribution is 5.81. The van der Waals surface area contributed by atoms with Crippen molar-refractivity contribution >= 4 is 5.91 Å². The molecule has 0 radical (unpaired) electrons. The number of hydrogen-bond donors (Lipinski definition) is 2. The highest BCUT2D eigenvalue weighted by Crippen LogP contribution is 2.39. The van der Waals surface area contributed by atoms with Gasteiger partial charge >= 0.3 is 0 Å². The van der Waals surface area contributed by atoms with Gasteiger partial charge in [-0.1, -0.05) is 0 Å². The maximum Gasteiger partial charge on any atom is 0.261 e.